The quantitative estimate of drug-likeness (QED) is 0.392. The van der Waals surface area contributed by atoms with Gasteiger partial charge in [-0.05, 0) is 31.9 Å². The number of nitrogen functional groups attached to an aromatic ring is 1. The van der Waals surface area contributed by atoms with Crippen LogP contribution in [0.5, 0.6) is 0 Å². The normalized spacial score (nSPS) is 15.5. The van der Waals surface area contributed by atoms with Crippen LogP contribution in [0.3, 0.4) is 0 Å². The smallest absolute Gasteiger partial charge is 0.251 e. The van der Waals surface area contributed by atoms with Crippen molar-refractivity contribution in [2.75, 3.05) is 18.9 Å². The van der Waals surface area contributed by atoms with Crippen LogP contribution >= 0.6 is 0 Å². The molecule has 0 amide bonds. The summed E-state index contributed by atoms with van der Waals surface area (Å²) < 4.78 is 12.4. The van der Waals surface area contributed by atoms with Crippen molar-refractivity contribution < 1.29 is 9.26 Å². The van der Waals surface area contributed by atoms with E-state index < -0.39 is 5.54 Å². The number of nitrogens with zero attached hydrogens (tertiary/aromatic N) is 5. The molecule has 3 aromatic heterocycles. The molecule has 3 N–H and O–H groups in total. The number of rotatable bonds is 7. The molecule has 5 rings (SSSR count). The van der Waals surface area contributed by atoms with E-state index in [-0.39, 0.29) is 11.4 Å². The summed E-state index contributed by atoms with van der Waals surface area (Å²) in [6, 6.07) is 15.5. The molecule has 1 aromatic carbocycles. The molecule has 0 saturated carbocycles. The van der Waals surface area contributed by atoms with E-state index in [1.165, 1.54) is 22.4 Å². The average Bonchev–Trinajstić information content (AvgIpc) is 3.61. The largest absolute Gasteiger partial charge is 0.382 e. The van der Waals surface area contributed by atoms with E-state index in [0.717, 1.165) is 31.7 Å². The van der Waals surface area contributed by atoms with Crippen molar-refractivity contribution in [2.24, 2.45) is 0 Å². The van der Waals surface area contributed by atoms with Gasteiger partial charge in [0.1, 0.15) is 11.2 Å². The lowest BCUT2D eigenvalue weighted by atomic mass is 10.1. The number of hydrogen-bond donors (Lipinski definition) is 2. The maximum Gasteiger partial charge on any atom is 0.251 e. The number of hydrogen-bond acceptors (Lipinski definition) is 9. The molecule has 10 heteroatoms. The zero-order valence-electron chi connectivity index (χ0n) is 20.6. The summed E-state index contributed by atoms with van der Waals surface area (Å²) in [6.45, 7) is 5.68. The zero-order chi connectivity index (χ0) is 26.0. The highest BCUT2D eigenvalue weighted by molar-refractivity contribution is 5.72. The summed E-state index contributed by atoms with van der Waals surface area (Å²) in [5.41, 5.74) is 8.97. The Balaban J connectivity index is 1.38. The Morgan fingerprint density at radius 1 is 1.19 bits per heavy atom. The fraction of sp³-hybridized carbons (Fsp3) is 0.296. The highest BCUT2D eigenvalue weighted by Crippen LogP contribution is 2.30. The van der Waals surface area contributed by atoms with Gasteiger partial charge in [-0.15, -0.1) is 0 Å². The Labute approximate surface area is 213 Å². The molecule has 4 aromatic rings. The van der Waals surface area contributed by atoms with Crippen LogP contribution < -0.4 is 16.6 Å². The average molecular weight is 498 g/mol. The molecule has 4 heterocycles. The first-order valence-electron chi connectivity index (χ1n) is 12.0. The lowest BCUT2D eigenvalue weighted by Gasteiger charge is -2.19. The van der Waals surface area contributed by atoms with Gasteiger partial charge in [0.05, 0.1) is 24.6 Å². The summed E-state index contributed by atoms with van der Waals surface area (Å²) in [6.07, 6.45) is 4.15. The van der Waals surface area contributed by atoms with Gasteiger partial charge in [0.25, 0.3) is 5.56 Å². The first kappa shape index (κ1) is 24.4. The minimum Gasteiger partial charge on any atom is -0.382 e. The van der Waals surface area contributed by atoms with Crippen LogP contribution in [-0.4, -0.2) is 38.9 Å². The molecule has 0 aliphatic carbocycles. The second kappa shape index (κ2) is 9.97. The maximum absolute atomic E-state index is 12.3. The first-order chi connectivity index (χ1) is 17.8. The van der Waals surface area contributed by atoms with Crippen molar-refractivity contribution in [3.8, 4) is 40.0 Å². The van der Waals surface area contributed by atoms with Crippen molar-refractivity contribution >= 4 is 5.82 Å². The van der Waals surface area contributed by atoms with E-state index in [1.54, 1.807) is 32.2 Å². The summed E-state index contributed by atoms with van der Waals surface area (Å²) in [5, 5.41) is 17.2. The number of nitriles is 1. The molecule has 0 spiro atoms. The van der Waals surface area contributed by atoms with Crippen LogP contribution in [-0.2, 0) is 16.8 Å². The molecule has 0 radical (unpaired) electrons. The number of pyridine rings is 1. The van der Waals surface area contributed by atoms with Gasteiger partial charge in [0.2, 0.25) is 0 Å². The Kier molecular flexibility index (Phi) is 6.56. The van der Waals surface area contributed by atoms with Gasteiger partial charge >= 0.3 is 0 Å². The molecule has 0 bridgehead atoms. The predicted molar refractivity (Wildman–Crippen MR) is 138 cm³/mol. The van der Waals surface area contributed by atoms with E-state index in [2.05, 4.69) is 38.6 Å². The predicted octanol–water partition coefficient (Wildman–Crippen LogP) is 3.35. The fourth-order valence-electron chi connectivity index (χ4n) is 4.12. The summed E-state index contributed by atoms with van der Waals surface area (Å²) >= 11 is 0. The summed E-state index contributed by atoms with van der Waals surface area (Å²) in [5.74, 6) is 0.564. The maximum atomic E-state index is 12.3. The fourth-order valence-corrected chi connectivity index (χ4v) is 4.12. The van der Waals surface area contributed by atoms with Crippen LogP contribution in [0.15, 0.2) is 64.2 Å². The molecule has 188 valence electrons. The van der Waals surface area contributed by atoms with Crippen LogP contribution in [0.25, 0.3) is 34.0 Å². The van der Waals surface area contributed by atoms with Crippen molar-refractivity contribution in [2.45, 2.75) is 38.4 Å². The molecule has 1 aliphatic heterocycles. The second-order valence-electron chi connectivity index (χ2n) is 9.50. The third-order valence-corrected chi connectivity index (χ3v) is 6.40. The van der Waals surface area contributed by atoms with Crippen LogP contribution in [0.2, 0.25) is 0 Å². The van der Waals surface area contributed by atoms with E-state index in [9.17, 15) is 10.1 Å². The van der Waals surface area contributed by atoms with Crippen LogP contribution in [0.4, 0.5) is 5.82 Å². The molecule has 37 heavy (non-hydrogen) atoms. The Morgan fingerprint density at radius 3 is 2.70 bits per heavy atom. The van der Waals surface area contributed by atoms with Crippen LogP contribution in [0, 0.1) is 11.3 Å². The molecule has 1 atom stereocenters. The third-order valence-electron chi connectivity index (χ3n) is 6.40. The van der Waals surface area contributed by atoms with Gasteiger partial charge in [0, 0.05) is 48.6 Å². The monoisotopic (exact) mass is 497 g/mol. The zero-order valence-corrected chi connectivity index (χ0v) is 20.6. The van der Waals surface area contributed by atoms with Gasteiger partial charge < -0.3 is 20.3 Å². The molecule has 1 saturated heterocycles. The Bertz CT molecular complexity index is 1510. The van der Waals surface area contributed by atoms with Gasteiger partial charge in [-0.25, -0.2) is 9.97 Å². The number of ether oxygens (including phenoxy) is 1. The third kappa shape index (κ3) is 5.14. The molecule has 1 aliphatic rings. The molecule has 1 fully saturated rings. The summed E-state index contributed by atoms with van der Waals surface area (Å²) in [4.78, 5) is 21.2. The molecular formula is C27H27N7O3. The lowest BCUT2D eigenvalue weighted by molar-refractivity contribution is 0.190. The highest BCUT2D eigenvalue weighted by atomic mass is 16.5. The first-order valence-corrected chi connectivity index (χ1v) is 12.0. The van der Waals surface area contributed by atoms with Crippen LogP contribution in [0.1, 0.15) is 25.8 Å². The number of nitrogens with one attached hydrogen (secondary N) is 1. The van der Waals surface area contributed by atoms with Gasteiger partial charge in [-0.2, -0.15) is 5.26 Å². The standard InChI is InChI=1S/C27H27N7O3/c1-27(2,16-28)34-14-19(7-8-24(34)35)22-13-31-26(29)25(32-22)23-11-21(33-37-23)18-5-3-17(4-6-18)12-30-20-9-10-36-15-20/h3-8,11,13-14,20,30H,9-10,12,15H2,1-2H3,(H2,29,31)/t20-/m1/s1. The van der Waals surface area contributed by atoms with E-state index in [1.807, 2.05) is 12.1 Å². The number of anilines is 1. The molecule has 0 unspecified atom stereocenters. The number of nitrogens with two attached hydrogens (primary N) is 1. The molecule has 10 nitrogen and oxygen atoms in total. The van der Waals surface area contributed by atoms with Crippen molar-refractivity contribution in [3.05, 3.63) is 70.8 Å². The van der Waals surface area contributed by atoms with Gasteiger partial charge in [0.15, 0.2) is 17.3 Å². The topological polar surface area (TPSA) is 145 Å². The summed E-state index contributed by atoms with van der Waals surface area (Å²) in [7, 11) is 0. The van der Waals surface area contributed by atoms with E-state index in [4.69, 9.17) is 15.0 Å². The Hall–Kier alpha value is -4.33. The molecular weight excluding hydrogens is 470 g/mol. The minimum atomic E-state index is -1.02. The highest BCUT2D eigenvalue weighted by Gasteiger charge is 2.22. The minimum absolute atomic E-state index is 0.189. The number of aromatic nitrogens is 4. The number of benzene rings is 1. The lowest BCUT2D eigenvalue weighted by Crippen LogP contribution is -2.34. The van der Waals surface area contributed by atoms with Crippen molar-refractivity contribution in [1.82, 2.24) is 25.0 Å². The van der Waals surface area contributed by atoms with Crippen molar-refractivity contribution in [3.63, 3.8) is 0 Å². The second-order valence-corrected chi connectivity index (χ2v) is 9.50. The van der Waals surface area contributed by atoms with E-state index >= 15 is 0 Å². The van der Waals surface area contributed by atoms with Gasteiger partial charge in [-0.1, -0.05) is 29.4 Å². The van der Waals surface area contributed by atoms with E-state index in [0.29, 0.717) is 34.4 Å². The Morgan fingerprint density at radius 2 is 1.97 bits per heavy atom. The van der Waals surface area contributed by atoms with Crippen molar-refractivity contribution in [1.29, 1.82) is 5.26 Å². The SMILES string of the molecule is CC(C)(C#N)n1cc(-c2cnc(N)c(-c3cc(-c4ccc(CN[C@@H]5CCOC5)cc4)no3)n2)ccc1=O. The van der Waals surface area contributed by atoms with Gasteiger partial charge in [-0.3, -0.25) is 9.36 Å².